The molecule has 1 rings (SSSR count). The van der Waals surface area contributed by atoms with Crippen LogP contribution < -0.4 is 9.47 Å². The van der Waals surface area contributed by atoms with Crippen molar-refractivity contribution in [2.24, 2.45) is 0 Å². The number of ether oxygens (including phenoxy) is 2. The molecule has 76 valence electrons. The molecule has 0 aromatic carbocycles. The Morgan fingerprint density at radius 2 is 2.00 bits per heavy atom. The Morgan fingerprint density at radius 1 is 1.33 bits per heavy atom. The van der Waals surface area contributed by atoms with Crippen LogP contribution in [0.2, 0.25) is 0 Å². The first-order valence-electron chi connectivity index (χ1n) is 3.85. The van der Waals surface area contributed by atoms with E-state index in [1.54, 1.807) is 12.1 Å². The Bertz CT molecular complexity index is 449. The summed E-state index contributed by atoms with van der Waals surface area (Å²) in [5, 5.41) is 17.6. The van der Waals surface area contributed by atoms with Gasteiger partial charge in [-0.15, -0.1) is 0 Å². The Hall–Kier alpha value is -2.05. The maximum absolute atomic E-state index is 8.59. The van der Waals surface area contributed by atoms with Gasteiger partial charge in [0.15, 0.2) is 0 Å². The molecule has 0 aliphatic carbocycles. The van der Waals surface area contributed by atoms with Gasteiger partial charge in [0.25, 0.3) is 5.19 Å². The van der Waals surface area contributed by atoms with Crippen molar-refractivity contribution in [1.29, 1.82) is 10.5 Å². The van der Waals surface area contributed by atoms with Crippen LogP contribution >= 0.6 is 11.3 Å². The number of nitrogens with zero attached hydrogens (tertiary/aromatic N) is 3. The average molecular weight is 221 g/mol. The van der Waals surface area contributed by atoms with E-state index < -0.39 is 0 Å². The smallest absolute Gasteiger partial charge is 0.276 e. The summed E-state index contributed by atoms with van der Waals surface area (Å²) < 4.78 is 9.89. The van der Waals surface area contributed by atoms with Crippen LogP contribution in [-0.4, -0.2) is 19.2 Å². The van der Waals surface area contributed by atoms with E-state index in [0.29, 0.717) is 16.0 Å². The predicted molar refractivity (Wildman–Crippen MR) is 54.4 cm³/mol. The van der Waals surface area contributed by atoms with Crippen molar-refractivity contribution in [3.63, 3.8) is 0 Å². The minimum absolute atomic E-state index is 0.000368. The van der Waals surface area contributed by atoms with Gasteiger partial charge in [-0.3, -0.25) is 0 Å². The summed E-state index contributed by atoms with van der Waals surface area (Å²) in [6, 6.07) is 3.52. The van der Waals surface area contributed by atoms with Crippen LogP contribution in [0.3, 0.4) is 0 Å². The van der Waals surface area contributed by atoms with Crippen LogP contribution in [0.4, 0.5) is 0 Å². The first-order chi connectivity index (χ1) is 7.24. The summed E-state index contributed by atoms with van der Waals surface area (Å²) in [5.74, 6) is 0.347. The zero-order valence-corrected chi connectivity index (χ0v) is 8.96. The number of hydrogen-bond donors (Lipinski definition) is 0. The molecule has 0 radical (unpaired) electrons. The standard InChI is InChI=1S/C9H7N3O2S/c1-13-8-7(3-6(4-10)5-11)15-9(12-8)14-2/h3H,1-2H3. The summed E-state index contributed by atoms with van der Waals surface area (Å²) in [7, 11) is 2.95. The molecule has 0 atom stereocenters. The van der Waals surface area contributed by atoms with E-state index in [2.05, 4.69) is 4.98 Å². The summed E-state index contributed by atoms with van der Waals surface area (Å²) in [4.78, 5) is 4.57. The molecule has 0 bridgehead atoms. The molecule has 1 aromatic heterocycles. The van der Waals surface area contributed by atoms with Gasteiger partial charge in [-0.25, -0.2) is 0 Å². The summed E-state index contributed by atoms with van der Waals surface area (Å²) in [5.41, 5.74) is -0.000368. The number of hydrogen-bond acceptors (Lipinski definition) is 6. The third-order valence-electron chi connectivity index (χ3n) is 1.49. The third kappa shape index (κ3) is 2.46. The maximum Gasteiger partial charge on any atom is 0.276 e. The Kier molecular flexibility index (Phi) is 3.67. The lowest BCUT2D eigenvalue weighted by atomic mass is 10.3. The first kappa shape index (κ1) is 11.0. The predicted octanol–water partition coefficient (Wildman–Crippen LogP) is 1.59. The van der Waals surface area contributed by atoms with Gasteiger partial charge < -0.3 is 9.47 Å². The van der Waals surface area contributed by atoms with Gasteiger partial charge in [0.2, 0.25) is 5.88 Å². The number of allylic oxidation sites excluding steroid dienone is 1. The van der Waals surface area contributed by atoms with Gasteiger partial charge in [-0.1, -0.05) is 11.3 Å². The molecule has 0 saturated heterocycles. The van der Waals surface area contributed by atoms with Crippen LogP contribution in [0.15, 0.2) is 5.57 Å². The topological polar surface area (TPSA) is 78.9 Å². The third-order valence-corrected chi connectivity index (χ3v) is 2.43. The molecule has 0 spiro atoms. The molecular formula is C9H7N3O2S. The largest absolute Gasteiger partial charge is 0.480 e. The highest BCUT2D eigenvalue weighted by Crippen LogP contribution is 2.31. The lowest BCUT2D eigenvalue weighted by Crippen LogP contribution is -1.85. The number of aromatic nitrogens is 1. The van der Waals surface area contributed by atoms with E-state index in [4.69, 9.17) is 20.0 Å². The van der Waals surface area contributed by atoms with Crippen LogP contribution in [-0.2, 0) is 0 Å². The zero-order chi connectivity index (χ0) is 11.3. The van der Waals surface area contributed by atoms with Gasteiger partial charge >= 0.3 is 0 Å². The normalized spacial score (nSPS) is 8.53. The monoisotopic (exact) mass is 221 g/mol. The number of methoxy groups -OCH3 is 2. The second kappa shape index (κ2) is 4.99. The Balaban J connectivity index is 3.15. The van der Waals surface area contributed by atoms with Crippen molar-refractivity contribution in [1.82, 2.24) is 4.98 Å². The highest BCUT2D eigenvalue weighted by Gasteiger charge is 2.10. The maximum atomic E-state index is 8.59. The molecule has 1 heterocycles. The van der Waals surface area contributed by atoms with Gasteiger partial charge in [0.05, 0.1) is 19.1 Å². The number of thiazole rings is 1. The Morgan fingerprint density at radius 3 is 2.47 bits per heavy atom. The van der Waals surface area contributed by atoms with Crippen LogP contribution in [0.1, 0.15) is 4.88 Å². The van der Waals surface area contributed by atoms with E-state index in [1.165, 1.54) is 31.6 Å². The van der Waals surface area contributed by atoms with Gasteiger partial charge in [-0.2, -0.15) is 15.5 Å². The number of rotatable bonds is 3. The van der Waals surface area contributed by atoms with Crippen LogP contribution in [0, 0.1) is 22.7 Å². The lowest BCUT2D eigenvalue weighted by Gasteiger charge is -1.92. The molecule has 5 nitrogen and oxygen atoms in total. The molecular weight excluding hydrogens is 214 g/mol. The van der Waals surface area contributed by atoms with Crippen molar-refractivity contribution < 1.29 is 9.47 Å². The average Bonchev–Trinajstić information content (AvgIpc) is 2.68. The van der Waals surface area contributed by atoms with E-state index in [1.807, 2.05) is 0 Å². The van der Waals surface area contributed by atoms with Gasteiger partial charge in [0.1, 0.15) is 17.7 Å². The molecule has 0 aliphatic rings. The van der Waals surface area contributed by atoms with Crippen molar-refractivity contribution >= 4 is 17.4 Å². The molecule has 0 fully saturated rings. The SMILES string of the molecule is COc1nc(OC)c(C=C(C#N)C#N)s1. The van der Waals surface area contributed by atoms with E-state index >= 15 is 0 Å². The molecule has 0 unspecified atom stereocenters. The second-order valence-electron chi connectivity index (χ2n) is 2.34. The highest BCUT2D eigenvalue weighted by atomic mass is 32.1. The fourth-order valence-electron chi connectivity index (χ4n) is 0.844. The molecule has 1 aromatic rings. The second-order valence-corrected chi connectivity index (χ2v) is 3.33. The molecule has 6 heteroatoms. The quantitative estimate of drug-likeness (QED) is 0.724. The summed E-state index contributed by atoms with van der Waals surface area (Å²) in [6.07, 6.45) is 1.42. The van der Waals surface area contributed by atoms with E-state index in [-0.39, 0.29) is 5.57 Å². The van der Waals surface area contributed by atoms with Crippen molar-refractivity contribution in [2.45, 2.75) is 0 Å². The highest BCUT2D eigenvalue weighted by molar-refractivity contribution is 7.14. The molecule has 0 N–H and O–H groups in total. The van der Waals surface area contributed by atoms with Gasteiger partial charge in [0, 0.05) is 0 Å². The van der Waals surface area contributed by atoms with Gasteiger partial charge in [-0.05, 0) is 6.08 Å². The fraction of sp³-hybridized carbons (Fsp3) is 0.222. The molecule has 0 aliphatic heterocycles. The number of nitriles is 2. The minimum Gasteiger partial charge on any atom is -0.480 e. The fourth-order valence-corrected chi connectivity index (χ4v) is 1.64. The summed E-state index contributed by atoms with van der Waals surface area (Å²) in [6.45, 7) is 0. The molecule has 0 saturated carbocycles. The van der Waals surface area contributed by atoms with Crippen LogP contribution in [0.25, 0.3) is 6.08 Å². The summed E-state index contributed by atoms with van der Waals surface area (Å²) >= 11 is 1.21. The van der Waals surface area contributed by atoms with E-state index in [9.17, 15) is 0 Å². The molecule has 15 heavy (non-hydrogen) atoms. The van der Waals surface area contributed by atoms with Crippen molar-refractivity contribution in [2.75, 3.05) is 14.2 Å². The first-order valence-corrected chi connectivity index (χ1v) is 4.67. The lowest BCUT2D eigenvalue weighted by molar-refractivity contribution is 0.377. The Labute approximate surface area is 90.8 Å². The molecule has 0 amide bonds. The van der Waals surface area contributed by atoms with Crippen LogP contribution in [0.5, 0.6) is 11.1 Å². The van der Waals surface area contributed by atoms with Crippen molar-refractivity contribution in [3.8, 4) is 23.2 Å². The van der Waals surface area contributed by atoms with Crippen molar-refractivity contribution in [3.05, 3.63) is 10.5 Å². The zero-order valence-electron chi connectivity index (χ0n) is 8.14. The van der Waals surface area contributed by atoms with E-state index in [0.717, 1.165) is 0 Å². The minimum atomic E-state index is -0.000368.